The molecule has 1 N–H and O–H groups in total. The predicted molar refractivity (Wildman–Crippen MR) is 101 cm³/mol. The molecule has 1 amide bonds. The first-order chi connectivity index (χ1) is 12.8. The number of pyridine rings is 1. The average molecular weight is 368 g/mol. The lowest BCUT2D eigenvalue weighted by Gasteiger charge is -2.16. The van der Waals surface area contributed by atoms with Crippen LogP contribution in [0.15, 0.2) is 46.5 Å². The van der Waals surface area contributed by atoms with Crippen molar-refractivity contribution in [1.82, 2.24) is 15.3 Å². The molecule has 0 aromatic carbocycles. The number of furan rings is 1. The quantitative estimate of drug-likeness (QED) is 0.723. The molecule has 0 aliphatic carbocycles. The molecule has 1 saturated heterocycles. The van der Waals surface area contributed by atoms with Crippen LogP contribution in [-0.4, -0.2) is 29.0 Å². The summed E-state index contributed by atoms with van der Waals surface area (Å²) in [6, 6.07) is 7.75. The van der Waals surface area contributed by atoms with Gasteiger partial charge in [-0.3, -0.25) is 4.79 Å². The molecule has 4 heterocycles. The molecule has 134 valence electrons. The summed E-state index contributed by atoms with van der Waals surface area (Å²) >= 11 is 1.48. The van der Waals surface area contributed by atoms with E-state index in [1.165, 1.54) is 24.2 Å². The van der Waals surface area contributed by atoms with Gasteiger partial charge in [-0.25, -0.2) is 9.97 Å². The maximum absolute atomic E-state index is 12.2. The van der Waals surface area contributed by atoms with Crippen molar-refractivity contribution in [3.63, 3.8) is 0 Å². The fourth-order valence-corrected chi connectivity index (χ4v) is 3.77. The van der Waals surface area contributed by atoms with E-state index in [9.17, 15) is 4.79 Å². The number of amides is 1. The number of hydrogen-bond acceptors (Lipinski definition) is 6. The molecule has 7 heteroatoms. The molecular weight excluding hydrogens is 348 g/mol. The van der Waals surface area contributed by atoms with Crippen LogP contribution >= 0.6 is 11.3 Å². The Morgan fingerprint density at radius 1 is 1.27 bits per heavy atom. The largest absolute Gasteiger partial charge is 0.462 e. The summed E-state index contributed by atoms with van der Waals surface area (Å²) in [6.07, 6.45) is 6.18. The number of aromatic nitrogens is 2. The highest BCUT2D eigenvalue weighted by molar-refractivity contribution is 7.13. The number of rotatable bonds is 6. The van der Waals surface area contributed by atoms with Crippen LogP contribution in [0.5, 0.6) is 0 Å². The zero-order valence-electron chi connectivity index (χ0n) is 14.4. The van der Waals surface area contributed by atoms with E-state index in [0.29, 0.717) is 6.54 Å². The monoisotopic (exact) mass is 368 g/mol. The van der Waals surface area contributed by atoms with E-state index in [1.807, 2.05) is 35.8 Å². The van der Waals surface area contributed by atoms with Gasteiger partial charge in [0.2, 0.25) is 5.91 Å². The maximum atomic E-state index is 12.2. The van der Waals surface area contributed by atoms with E-state index < -0.39 is 0 Å². The van der Waals surface area contributed by atoms with Crippen molar-refractivity contribution in [2.75, 3.05) is 18.0 Å². The molecule has 1 aliphatic rings. The van der Waals surface area contributed by atoms with Crippen LogP contribution in [0.3, 0.4) is 0 Å². The second-order valence-electron chi connectivity index (χ2n) is 6.29. The predicted octanol–water partition coefficient (Wildman–Crippen LogP) is 3.26. The second kappa shape index (κ2) is 7.70. The Kier molecular flexibility index (Phi) is 4.97. The average Bonchev–Trinajstić information content (AvgIpc) is 3.41. The molecule has 0 radical (unpaired) electrons. The minimum Gasteiger partial charge on any atom is -0.462 e. The van der Waals surface area contributed by atoms with Crippen LogP contribution in [0.1, 0.15) is 24.1 Å². The molecule has 3 aromatic rings. The summed E-state index contributed by atoms with van der Waals surface area (Å²) in [4.78, 5) is 23.4. The molecule has 0 unspecified atom stereocenters. The van der Waals surface area contributed by atoms with Gasteiger partial charge in [0.15, 0.2) is 10.8 Å². The van der Waals surface area contributed by atoms with Crippen LogP contribution in [0.25, 0.3) is 10.8 Å². The lowest BCUT2D eigenvalue weighted by molar-refractivity contribution is -0.120. The smallest absolute Gasteiger partial charge is 0.226 e. The van der Waals surface area contributed by atoms with Gasteiger partial charge in [0, 0.05) is 31.2 Å². The summed E-state index contributed by atoms with van der Waals surface area (Å²) in [5.74, 6) is 1.70. The van der Waals surface area contributed by atoms with E-state index in [4.69, 9.17) is 4.42 Å². The van der Waals surface area contributed by atoms with Crippen molar-refractivity contribution in [3.05, 3.63) is 53.4 Å². The van der Waals surface area contributed by atoms with Gasteiger partial charge in [0.25, 0.3) is 0 Å². The van der Waals surface area contributed by atoms with Crippen LogP contribution in [0.4, 0.5) is 5.82 Å². The van der Waals surface area contributed by atoms with Crippen LogP contribution in [0, 0.1) is 0 Å². The van der Waals surface area contributed by atoms with Crippen molar-refractivity contribution < 1.29 is 9.21 Å². The molecule has 0 saturated carbocycles. The first-order valence-corrected chi connectivity index (χ1v) is 9.61. The van der Waals surface area contributed by atoms with Gasteiger partial charge in [-0.15, -0.1) is 11.3 Å². The van der Waals surface area contributed by atoms with Crippen molar-refractivity contribution in [1.29, 1.82) is 0 Å². The zero-order chi connectivity index (χ0) is 17.8. The van der Waals surface area contributed by atoms with Gasteiger partial charge in [-0.05, 0) is 36.6 Å². The summed E-state index contributed by atoms with van der Waals surface area (Å²) in [6.45, 7) is 2.63. The normalized spacial score (nSPS) is 13.9. The molecule has 6 nitrogen and oxygen atoms in total. The topological polar surface area (TPSA) is 71.3 Å². The van der Waals surface area contributed by atoms with Gasteiger partial charge in [-0.2, -0.15) is 0 Å². The Bertz CT molecular complexity index is 852. The summed E-state index contributed by atoms with van der Waals surface area (Å²) in [5, 5.41) is 5.61. The van der Waals surface area contributed by atoms with Crippen molar-refractivity contribution in [2.45, 2.75) is 25.8 Å². The minimum atomic E-state index is -0.0510. The Morgan fingerprint density at radius 3 is 2.88 bits per heavy atom. The Balaban J connectivity index is 1.28. The van der Waals surface area contributed by atoms with Gasteiger partial charge in [-0.1, -0.05) is 6.07 Å². The van der Waals surface area contributed by atoms with E-state index >= 15 is 0 Å². The first kappa shape index (κ1) is 16.8. The number of nitrogens with one attached hydrogen (secondary N) is 1. The Morgan fingerprint density at radius 2 is 2.15 bits per heavy atom. The lowest BCUT2D eigenvalue weighted by Crippen LogP contribution is -2.25. The molecule has 1 fully saturated rings. The molecular formula is C19H20N4O2S. The summed E-state index contributed by atoms with van der Waals surface area (Å²) in [5.41, 5.74) is 1.75. The molecule has 1 aliphatic heterocycles. The SMILES string of the molecule is O=C(Cc1csc(-c2ccco2)n1)NCc1ccc(N2CCCC2)nc1. The third kappa shape index (κ3) is 3.94. The highest BCUT2D eigenvalue weighted by atomic mass is 32.1. The molecule has 0 atom stereocenters. The first-order valence-electron chi connectivity index (χ1n) is 8.73. The molecule has 3 aromatic heterocycles. The summed E-state index contributed by atoms with van der Waals surface area (Å²) < 4.78 is 5.33. The van der Waals surface area contributed by atoms with E-state index in [-0.39, 0.29) is 12.3 Å². The van der Waals surface area contributed by atoms with Crippen molar-refractivity contribution >= 4 is 23.1 Å². The number of thiazole rings is 1. The van der Waals surface area contributed by atoms with Crippen molar-refractivity contribution in [2.24, 2.45) is 0 Å². The zero-order valence-corrected chi connectivity index (χ0v) is 15.2. The highest BCUT2D eigenvalue weighted by Crippen LogP contribution is 2.24. The fraction of sp³-hybridized carbons (Fsp3) is 0.316. The molecule has 4 rings (SSSR count). The Hall–Kier alpha value is -2.67. The number of nitrogens with zero attached hydrogens (tertiary/aromatic N) is 3. The fourth-order valence-electron chi connectivity index (χ4n) is 2.98. The molecule has 26 heavy (non-hydrogen) atoms. The van der Waals surface area contributed by atoms with E-state index in [1.54, 1.807) is 6.26 Å². The summed E-state index contributed by atoms with van der Waals surface area (Å²) in [7, 11) is 0. The van der Waals surface area contributed by atoms with Gasteiger partial charge >= 0.3 is 0 Å². The maximum Gasteiger partial charge on any atom is 0.226 e. The molecule has 0 spiro atoms. The van der Waals surface area contributed by atoms with Crippen LogP contribution < -0.4 is 10.2 Å². The number of carbonyl (C=O) groups excluding carboxylic acids is 1. The van der Waals surface area contributed by atoms with E-state index in [2.05, 4.69) is 20.2 Å². The van der Waals surface area contributed by atoms with Gasteiger partial charge in [0.05, 0.1) is 18.4 Å². The van der Waals surface area contributed by atoms with Gasteiger partial charge in [0.1, 0.15) is 5.82 Å². The minimum absolute atomic E-state index is 0.0510. The third-order valence-electron chi connectivity index (χ3n) is 4.35. The lowest BCUT2D eigenvalue weighted by atomic mass is 10.2. The van der Waals surface area contributed by atoms with Crippen LogP contribution in [0.2, 0.25) is 0 Å². The van der Waals surface area contributed by atoms with E-state index in [0.717, 1.165) is 40.9 Å². The van der Waals surface area contributed by atoms with Crippen LogP contribution in [-0.2, 0) is 17.8 Å². The number of hydrogen-bond donors (Lipinski definition) is 1. The second-order valence-corrected chi connectivity index (χ2v) is 7.15. The Labute approximate surface area is 155 Å². The number of anilines is 1. The number of carbonyl (C=O) groups is 1. The highest BCUT2D eigenvalue weighted by Gasteiger charge is 2.13. The van der Waals surface area contributed by atoms with Crippen molar-refractivity contribution in [3.8, 4) is 10.8 Å². The molecule has 0 bridgehead atoms. The van der Waals surface area contributed by atoms with Gasteiger partial charge < -0.3 is 14.6 Å². The standard InChI is InChI=1S/C19H20N4O2S/c24-18(10-15-13-26-19(22-15)16-4-3-9-25-16)21-12-14-5-6-17(20-11-14)23-7-1-2-8-23/h3-6,9,11,13H,1-2,7-8,10,12H2,(H,21,24). The third-order valence-corrected chi connectivity index (χ3v) is 5.26.